The molecule has 0 saturated heterocycles. The number of anilines is 3. The Balaban J connectivity index is 0.998. The van der Waals surface area contributed by atoms with Crippen molar-refractivity contribution in [1.29, 1.82) is 0 Å². The molecule has 0 fully saturated rings. The van der Waals surface area contributed by atoms with Gasteiger partial charge in [0.2, 0.25) is 0 Å². The average Bonchev–Trinajstić information content (AvgIpc) is 1.93. The molecule has 7 nitrogen and oxygen atoms in total. The number of unbranched alkanes of at least 4 members (excludes halogenated alkanes) is 4. The molecule has 7 aromatic rings. The molecule has 454 valence electrons. The number of allylic oxidation sites excluding steroid dienone is 3. The fourth-order valence-electron chi connectivity index (χ4n) is 10.4. The molecule has 1 heterocycles. The maximum Gasteiger partial charge on any atom is 0.335 e. The van der Waals surface area contributed by atoms with E-state index in [1.54, 1.807) is 18.2 Å². The van der Waals surface area contributed by atoms with Crippen LogP contribution in [0.15, 0.2) is 169 Å². The molecule has 0 unspecified atom stereocenters. The molecule has 1 aliphatic heterocycles. The van der Waals surface area contributed by atoms with E-state index >= 15 is 0 Å². The number of benzene rings is 7. The summed E-state index contributed by atoms with van der Waals surface area (Å²) in [6.45, 7) is 21.1. The number of rotatable bonds is 31. The van der Waals surface area contributed by atoms with Crippen LogP contribution in [0.25, 0.3) is 42.5 Å². The highest BCUT2D eigenvalue weighted by Crippen LogP contribution is 2.42. The van der Waals surface area contributed by atoms with E-state index in [-0.39, 0.29) is 5.56 Å². The van der Waals surface area contributed by atoms with Crippen molar-refractivity contribution >= 4 is 77.0 Å². The molecule has 0 amide bonds. The van der Waals surface area contributed by atoms with Gasteiger partial charge in [0.15, 0.2) is 0 Å². The molecule has 0 spiro atoms. The molecule has 88 heavy (non-hydrogen) atoms. The lowest BCUT2D eigenvalue weighted by atomic mass is 9.80. The summed E-state index contributed by atoms with van der Waals surface area (Å²) in [5, 5.41) is 9.63. The molecule has 0 aliphatic carbocycles. The molecule has 7 aromatic carbocycles. The monoisotopic (exact) mass is 1170 g/mol. The molecule has 1 aliphatic rings. The van der Waals surface area contributed by atoms with Crippen molar-refractivity contribution in [2.75, 3.05) is 24.7 Å². The molecular formula is C81H90N2O5. The summed E-state index contributed by atoms with van der Waals surface area (Å²) in [6, 6.07) is 51.1. The minimum Gasteiger partial charge on any atom is -0.493 e. The number of hydrogen-bond acceptors (Lipinski definition) is 6. The first-order chi connectivity index (χ1) is 42.6. The number of aliphatic imine (C=N–C) groups is 1. The number of nitrogens with zero attached hydrogens (tertiary/aromatic N) is 2. The van der Waals surface area contributed by atoms with E-state index in [1.165, 1.54) is 24.0 Å². The van der Waals surface area contributed by atoms with Gasteiger partial charge in [-0.2, -0.15) is 0 Å². The molecule has 0 bridgehead atoms. The summed E-state index contributed by atoms with van der Waals surface area (Å²) in [5.74, 6) is 5.46. The van der Waals surface area contributed by atoms with Crippen molar-refractivity contribution in [2.24, 2.45) is 22.7 Å². The van der Waals surface area contributed by atoms with E-state index in [2.05, 4.69) is 249 Å². The second kappa shape index (κ2) is 32.2. The molecule has 1 N–H and O–H groups in total. The number of ether oxygens (including phenoxy) is 3. The first kappa shape index (κ1) is 65.1. The predicted octanol–water partition coefficient (Wildman–Crippen LogP) is 21.6. The zero-order valence-corrected chi connectivity index (χ0v) is 53.4. The van der Waals surface area contributed by atoms with E-state index in [1.807, 2.05) is 12.2 Å². The van der Waals surface area contributed by atoms with Gasteiger partial charge in [0.25, 0.3) is 0 Å². The Labute approximate surface area is 526 Å². The van der Waals surface area contributed by atoms with Gasteiger partial charge in [0.05, 0.1) is 36.8 Å². The Morgan fingerprint density at radius 3 is 1.50 bits per heavy atom. The normalized spacial score (nSPS) is 13.0. The largest absolute Gasteiger partial charge is 0.493 e. The summed E-state index contributed by atoms with van der Waals surface area (Å²) in [4.78, 5) is 19.0. The number of aryl methyl sites for hydroxylation is 2. The van der Waals surface area contributed by atoms with Crippen molar-refractivity contribution in [2.45, 2.75) is 126 Å². The van der Waals surface area contributed by atoms with Crippen LogP contribution in [0, 0.1) is 30.1 Å². The standard InChI is InChI=1S/C81H90N2O5/c1-11-13-15-17-19-21-62-30-44-72(45-31-62)83(71-42-28-61(29-43-71)20-18-16-14-12-2)73-46-32-63(33-47-73)22-35-67-36-23-64(52-76(67)86-51-50-58(3)4)24-37-68-38-25-65(53-77(68)87-56-59(5)6)26-39-69-40-27-66(54-78(69)88-57-60(7)8)34-49-79-81(9,10)74-55-70(80(84)85)41-48-75(74)82-79/h2,11,13,22-49,52-55,58-60H,14-21,50-51,56-57H2,1,3-10H3,(H,84,85)/b13-11-,35-22+,37-24+,39-26+,49-34+. The van der Waals surface area contributed by atoms with Gasteiger partial charge >= 0.3 is 5.97 Å². The lowest BCUT2D eigenvalue weighted by Crippen LogP contribution is -2.24. The lowest BCUT2D eigenvalue weighted by molar-refractivity contribution is 0.0696. The lowest BCUT2D eigenvalue weighted by Gasteiger charge is -2.26. The summed E-state index contributed by atoms with van der Waals surface area (Å²) in [6.07, 6.45) is 36.3. The van der Waals surface area contributed by atoms with Crippen LogP contribution in [0.4, 0.5) is 22.7 Å². The van der Waals surface area contributed by atoms with E-state index in [9.17, 15) is 9.90 Å². The number of carbonyl (C=O) groups is 1. The summed E-state index contributed by atoms with van der Waals surface area (Å²) < 4.78 is 19.5. The summed E-state index contributed by atoms with van der Waals surface area (Å²) in [5.41, 5.74) is 15.5. The van der Waals surface area contributed by atoms with Crippen LogP contribution < -0.4 is 19.1 Å². The van der Waals surface area contributed by atoms with E-state index in [4.69, 9.17) is 25.6 Å². The highest BCUT2D eigenvalue weighted by Gasteiger charge is 2.34. The zero-order valence-electron chi connectivity index (χ0n) is 53.4. The van der Waals surface area contributed by atoms with Crippen molar-refractivity contribution in [3.8, 4) is 29.6 Å². The predicted molar refractivity (Wildman–Crippen MR) is 374 cm³/mol. The fourth-order valence-corrected chi connectivity index (χ4v) is 10.4. The molecule has 0 saturated carbocycles. The molecule has 0 radical (unpaired) electrons. The second-order valence-corrected chi connectivity index (χ2v) is 24.8. The fraction of sp³-hybridized carbons (Fsp3) is 0.309. The number of terminal acetylenes is 1. The Morgan fingerprint density at radius 2 is 1.02 bits per heavy atom. The van der Waals surface area contributed by atoms with Crippen LogP contribution >= 0.6 is 0 Å². The summed E-state index contributed by atoms with van der Waals surface area (Å²) in [7, 11) is 0. The highest BCUT2D eigenvalue weighted by molar-refractivity contribution is 6.10. The number of carboxylic acids is 1. The minimum atomic E-state index is -0.945. The van der Waals surface area contributed by atoms with Crippen LogP contribution in [0.3, 0.4) is 0 Å². The molecule has 0 atom stereocenters. The zero-order chi connectivity index (χ0) is 62.4. The van der Waals surface area contributed by atoms with Gasteiger partial charge in [-0.15, -0.1) is 12.3 Å². The van der Waals surface area contributed by atoms with Gasteiger partial charge in [-0.25, -0.2) is 4.79 Å². The minimum absolute atomic E-state index is 0.262. The van der Waals surface area contributed by atoms with Gasteiger partial charge in [0, 0.05) is 45.6 Å². The van der Waals surface area contributed by atoms with Crippen molar-refractivity contribution in [3.05, 3.63) is 225 Å². The van der Waals surface area contributed by atoms with Gasteiger partial charge in [-0.1, -0.05) is 183 Å². The average molecular weight is 1170 g/mol. The maximum absolute atomic E-state index is 11.7. The van der Waals surface area contributed by atoms with Crippen LogP contribution in [0.5, 0.6) is 17.2 Å². The van der Waals surface area contributed by atoms with Gasteiger partial charge in [0.1, 0.15) is 17.2 Å². The number of hydrogen-bond donors (Lipinski definition) is 1. The van der Waals surface area contributed by atoms with Crippen LogP contribution in [-0.4, -0.2) is 36.6 Å². The first-order valence-electron chi connectivity index (χ1n) is 31.7. The van der Waals surface area contributed by atoms with Crippen LogP contribution in [0.2, 0.25) is 0 Å². The quantitative estimate of drug-likeness (QED) is 0.0202. The van der Waals surface area contributed by atoms with Crippen LogP contribution in [-0.2, 0) is 18.3 Å². The highest BCUT2D eigenvalue weighted by atomic mass is 16.5. The maximum atomic E-state index is 11.7. The number of fused-ring (bicyclic) bond motifs is 1. The molecule has 8 rings (SSSR count). The van der Waals surface area contributed by atoms with E-state index in [0.29, 0.717) is 37.6 Å². The number of carboxylic acid groups (broad SMARTS) is 1. The molecule has 7 heteroatoms. The second-order valence-electron chi connectivity index (χ2n) is 24.8. The molecule has 0 aromatic heterocycles. The topological polar surface area (TPSA) is 80.6 Å². The molecular weight excluding hydrogens is 1080 g/mol. The SMILES string of the molecule is C#CCCCCc1ccc(N(c2ccc(/C=C/c3ccc(/C=C/c4ccc(/C=C/c5ccc(/C=C/C6=Nc7ccc(C(=O)O)cc7C6(C)C)cc5OCC(C)C)cc4OCC(C)C)cc3OCCC(C)C)cc2)c2ccc(CCCC/C=C\C)cc2)cc1. The van der Waals surface area contributed by atoms with Crippen molar-refractivity contribution in [1.82, 2.24) is 0 Å². The third kappa shape index (κ3) is 18.8. The van der Waals surface area contributed by atoms with Crippen LogP contribution in [0.1, 0.15) is 173 Å². The third-order valence-corrected chi connectivity index (χ3v) is 15.7. The Bertz CT molecular complexity index is 3660. The van der Waals surface area contributed by atoms with Gasteiger partial charge in [-0.05, 0) is 194 Å². The summed E-state index contributed by atoms with van der Waals surface area (Å²) >= 11 is 0. The third-order valence-electron chi connectivity index (χ3n) is 15.7. The van der Waals surface area contributed by atoms with E-state index < -0.39 is 11.4 Å². The number of aromatic carboxylic acids is 1. The van der Waals surface area contributed by atoms with Gasteiger partial charge < -0.3 is 24.2 Å². The van der Waals surface area contributed by atoms with E-state index in [0.717, 1.165) is 135 Å². The smallest absolute Gasteiger partial charge is 0.335 e. The Kier molecular flexibility index (Phi) is 23.8. The van der Waals surface area contributed by atoms with Crippen molar-refractivity contribution in [3.63, 3.8) is 0 Å². The Morgan fingerprint density at radius 1 is 0.557 bits per heavy atom. The van der Waals surface area contributed by atoms with Crippen molar-refractivity contribution < 1.29 is 24.1 Å². The first-order valence-corrected chi connectivity index (χ1v) is 31.7. The Hall–Kier alpha value is -8.86. The van der Waals surface area contributed by atoms with Gasteiger partial charge in [-0.3, -0.25) is 4.99 Å².